The van der Waals surface area contributed by atoms with Crippen molar-refractivity contribution in [1.29, 1.82) is 0 Å². The molecule has 0 spiro atoms. The lowest BCUT2D eigenvalue weighted by molar-refractivity contribution is 0.0594. The molecular formula is C30H27N5O4. The third-order valence-corrected chi connectivity index (χ3v) is 7.20. The van der Waals surface area contributed by atoms with Gasteiger partial charge in [-0.05, 0) is 36.6 Å². The number of anilines is 1. The Labute approximate surface area is 224 Å². The molecule has 9 nitrogen and oxygen atoms in total. The molecule has 5 heterocycles. The van der Waals surface area contributed by atoms with Crippen molar-refractivity contribution in [3.63, 3.8) is 0 Å². The van der Waals surface area contributed by atoms with Gasteiger partial charge < -0.3 is 18.9 Å². The zero-order valence-corrected chi connectivity index (χ0v) is 22.0. The number of aromatic nitrogens is 4. The van der Waals surface area contributed by atoms with Crippen molar-refractivity contribution in [2.75, 3.05) is 38.3 Å². The number of benzene rings is 1. The summed E-state index contributed by atoms with van der Waals surface area (Å²) < 4.78 is 12.0. The molecule has 6 rings (SSSR count). The first kappa shape index (κ1) is 24.7. The summed E-state index contributed by atoms with van der Waals surface area (Å²) in [6.07, 6.45) is 3.46. The van der Waals surface area contributed by atoms with Gasteiger partial charge >= 0.3 is 5.97 Å². The summed E-state index contributed by atoms with van der Waals surface area (Å²) in [4.78, 5) is 40.9. The van der Waals surface area contributed by atoms with Crippen LogP contribution in [0.2, 0.25) is 0 Å². The van der Waals surface area contributed by atoms with Gasteiger partial charge in [0.05, 0.1) is 37.2 Å². The van der Waals surface area contributed by atoms with E-state index in [0.717, 1.165) is 63.1 Å². The quantitative estimate of drug-likeness (QED) is 0.326. The molecule has 0 radical (unpaired) electrons. The summed E-state index contributed by atoms with van der Waals surface area (Å²) in [5, 5.41) is 2.84. The highest BCUT2D eigenvalue weighted by Gasteiger charge is 2.19. The smallest absolute Gasteiger partial charge is 0.356 e. The lowest BCUT2D eigenvalue weighted by Gasteiger charge is -2.29. The number of hydrogen-bond acceptors (Lipinski definition) is 8. The average molecular weight is 522 g/mol. The van der Waals surface area contributed by atoms with Crippen LogP contribution in [0.3, 0.4) is 0 Å². The Morgan fingerprint density at radius 2 is 1.82 bits per heavy atom. The van der Waals surface area contributed by atoms with Crippen LogP contribution in [-0.2, 0) is 16.5 Å². The van der Waals surface area contributed by atoms with Crippen LogP contribution in [0.4, 0.5) is 5.82 Å². The second-order valence-electron chi connectivity index (χ2n) is 9.57. The highest BCUT2D eigenvalue weighted by molar-refractivity contribution is 6.04. The summed E-state index contributed by atoms with van der Waals surface area (Å²) in [6.45, 7) is 4.58. The van der Waals surface area contributed by atoms with E-state index in [1.165, 1.54) is 7.11 Å². The van der Waals surface area contributed by atoms with Gasteiger partial charge in [-0.1, -0.05) is 18.2 Å². The first-order chi connectivity index (χ1) is 18.9. The van der Waals surface area contributed by atoms with Gasteiger partial charge in [0.2, 0.25) is 0 Å². The molecule has 0 N–H and O–H groups in total. The molecule has 5 aromatic rings. The number of carbonyl (C=O) groups is 1. The van der Waals surface area contributed by atoms with Gasteiger partial charge in [-0.3, -0.25) is 9.78 Å². The van der Waals surface area contributed by atoms with Gasteiger partial charge in [0, 0.05) is 66.1 Å². The molecule has 4 aromatic heterocycles. The monoisotopic (exact) mass is 521 g/mol. The molecule has 0 bridgehead atoms. The van der Waals surface area contributed by atoms with E-state index in [-0.39, 0.29) is 11.3 Å². The SMILES string of the molecule is COC(=O)c1ccc(-c2cc3cccc(-c4nc(N5CCOCC5)cc5c4cc(C)c(=O)n5C)c3cn2)cn1. The summed E-state index contributed by atoms with van der Waals surface area (Å²) in [5.41, 5.74) is 4.97. The Bertz CT molecular complexity index is 1790. The maximum atomic E-state index is 12.8. The van der Waals surface area contributed by atoms with E-state index in [2.05, 4.69) is 9.88 Å². The highest BCUT2D eigenvalue weighted by atomic mass is 16.5. The number of rotatable bonds is 4. The first-order valence-electron chi connectivity index (χ1n) is 12.7. The molecule has 1 aliphatic rings. The van der Waals surface area contributed by atoms with Gasteiger partial charge in [0.1, 0.15) is 11.5 Å². The Morgan fingerprint density at radius 1 is 1.00 bits per heavy atom. The summed E-state index contributed by atoms with van der Waals surface area (Å²) in [6, 6.07) is 15.4. The predicted molar refractivity (Wildman–Crippen MR) is 150 cm³/mol. The molecule has 9 heteroatoms. The van der Waals surface area contributed by atoms with Gasteiger partial charge in [0.25, 0.3) is 5.56 Å². The van der Waals surface area contributed by atoms with Crippen LogP contribution in [0.15, 0.2) is 65.7 Å². The zero-order valence-electron chi connectivity index (χ0n) is 22.0. The molecular weight excluding hydrogens is 494 g/mol. The molecule has 39 heavy (non-hydrogen) atoms. The number of methoxy groups -OCH3 is 1. The molecule has 0 amide bonds. The molecule has 1 saturated heterocycles. The average Bonchev–Trinajstić information content (AvgIpc) is 2.99. The minimum absolute atomic E-state index is 0.0244. The number of esters is 1. The van der Waals surface area contributed by atoms with E-state index in [0.29, 0.717) is 18.8 Å². The summed E-state index contributed by atoms with van der Waals surface area (Å²) >= 11 is 0. The Hall–Kier alpha value is -4.63. The number of carbonyl (C=O) groups excluding carboxylic acids is 1. The molecule has 0 aliphatic carbocycles. The van der Waals surface area contributed by atoms with E-state index < -0.39 is 5.97 Å². The molecule has 1 aromatic carbocycles. The van der Waals surface area contributed by atoms with Crippen LogP contribution in [0, 0.1) is 6.92 Å². The Balaban J connectivity index is 1.52. The summed E-state index contributed by atoms with van der Waals surface area (Å²) in [5.74, 6) is 0.336. The maximum absolute atomic E-state index is 12.8. The fourth-order valence-electron chi connectivity index (χ4n) is 5.07. The van der Waals surface area contributed by atoms with Crippen molar-refractivity contribution in [1.82, 2.24) is 19.5 Å². The van der Waals surface area contributed by atoms with Crippen molar-refractivity contribution >= 4 is 33.5 Å². The van der Waals surface area contributed by atoms with Crippen molar-refractivity contribution < 1.29 is 14.3 Å². The largest absolute Gasteiger partial charge is 0.464 e. The fourth-order valence-corrected chi connectivity index (χ4v) is 5.07. The molecule has 0 unspecified atom stereocenters. The first-order valence-corrected chi connectivity index (χ1v) is 12.7. The lowest BCUT2D eigenvalue weighted by atomic mass is 9.98. The van der Waals surface area contributed by atoms with Crippen molar-refractivity contribution in [2.24, 2.45) is 7.05 Å². The third kappa shape index (κ3) is 4.40. The topological polar surface area (TPSA) is 99.4 Å². The Kier molecular flexibility index (Phi) is 6.28. The fraction of sp³-hybridized carbons (Fsp3) is 0.233. The number of pyridine rings is 4. The molecule has 0 saturated carbocycles. The molecule has 0 atom stereocenters. The van der Waals surface area contributed by atoms with Crippen LogP contribution >= 0.6 is 0 Å². The van der Waals surface area contributed by atoms with E-state index in [4.69, 9.17) is 19.4 Å². The van der Waals surface area contributed by atoms with Gasteiger partial charge in [-0.2, -0.15) is 0 Å². The van der Waals surface area contributed by atoms with E-state index >= 15 is 0 Å². The van der Waals surface area contributed by atoms with Crippen LogP contribution < -0.4 is 10.5 Å². The standard InChI is InChI=1S/C30H27N5O4/c1-18-13-22-26(34(2)29(18)36)15-27(35-9-11-39-12-10-35)33-28(22)21-6-4-5-19-14-25(32-17-23(19)21)20-7-8-24(31-16-20)30(37)38-3/h4-8,13-17H,9-12H2,1-3H3. The minimum Gasteiger partial charge on any atom is -0.464 e. The van der Waals surface area contributed by atoms with Crippen molar-refractivity contribution in [2.45, 2.75) is 6.92 Å². The maximum Gasteiger partial charge on any atom is 0.356 e. The van der Waals surface area contributed by atoms with E-state index in [1.807, 2.05) is 49.5 Å². The van der Waals surface area contributed by atoms with Crippen molar-refractivity contribution in [3.05, 3.63) is 82.5 Å². The van der Waals surface area contributed by atoms with Crippen LogP contribution in [-0.4, -0.2) is 58.9 Å². The highest BCUT2D eigenvalue weighted by Crippen LogP contribution is 2.35. The number of nitrogens with zero attached hydrogens (tertiary/aromatic N) is 5. The molecule has 1 aliphatic heterocycles. The van der Waals surface area contributed by atoms with Gasteiger partial charge in [-0.15, -0.1) is 0 Å². The molecule has 1 fully saturated rings. The molecule has 196 valence electrons. The van der Waals surface area contributed by atoms with Crippen LogP contribution in [0.25, 0.3) is 44.2 Å². The minimum atomic E-state index is -0.482. The lowest BCUT2D eigenvalue weighted by Crippen LogP contribution is -2.37. The second kappa shape index (κ2) is 9.92. The second-order valence-corrected chi connectivity index (χ2v) is 9.57. The number of ether oxygens (including phenoxy) is 2. The predicted octanol–water partition coefficient (Wildman–Crippen LogP) is 4.14. The number of fused-ring (bicyclic) bond motifs is 2. The normalized spacial score (nSPS) is 13.7. The van der Waals surface area contributed by atoms with E-state index in [1.54, 1.807) is 29.9 Å². The van der Waals surface area contributed by atoms with Crippen molar-refractivity contribution in [3.8, 4) is 22.5 Å². The Morgan fingerprint density at radius 3 is 2.56 bits per heavy atom. The van der Waals surface area contributed by atoms with Crippen LogP contribution in [0.5, 0.6) is 0 Å². The zero-order chi connectivity index (χ0) is 27.1. The number of morpholine rings is 1. The number of aryl methyl sites for hydroxylation is 2. The number of hydrogen-bond donors (Lipinski definition) is 0. The van der Waals surface area contributed by atoms with Gasteiger partial charge in [0.15, 0.2) is 0 Å². The van der Waals surface area contributed by atoms with Gasteiger partial charge in [-0.25, -0.2) is 14.8 Å². The summed E-state index contributed by atoms with van der Waals surface area (Å²) in [7, 11) is 3.14. The van der Waals surface area contributed by atoms with E-state index in [9.17, 15) is 9.59 Å². The third-order valence-electron chi connectivity index (χ3n) is 7.20. The van der Waals surface area contributed by atoms with Crippen LogP contribution in [0.1, 0.15) is 16.1 Å².